The van der Waals surface area contributed by atoms with Gasteiger partial charge in [-0.1, -0.05) is 60.3 Å². The van der Waals surface area contributed by atoms with Crippen molar-refractivity contribution in [2.24, 2.45) is 0 Å². The monoisotopic (exact) mass is 442 g/mol. The molecule has 3 aromatic carbocycles. The van der Waals surface area contributed by atoms with Crippen LogP contribution in [0.4, 0.5) is 0 Å². The van der Waals surface area contributed by atoms with E-state index >= 15 is 0 Å². The summed E-state index contributed by atoms with van der Waals surface area (Å²) < 4.78 is 9.13. The number of aryl methyl sites for hydroxylation is 1. The molecule has 2 aromatic heterocycles. The summed E-state index contributed by atoms with van der Waals surface area (Å²) >= 11 is 1.61. The zero-order chi connectivity index (χ0) is 22.2. The second-order valence-corrected chi connectivity index (χ2v) is 8.93. The molecule has 2 heterocycles. The van der Waals surface area contributed by atoms with Crippen molar-refractivity contribution in [3.63, 3.8) is 0 Å². The summed E-state index contributed by atoms with van der Waals surface area (Å²) in [4.78, 5) is 13.6. The van der Waals surface area contributed by atoms with Crippen LogP contribution in [0.25, 0.3) is 22.4 Å². The number of hydrogen-bond donors (Lipinski definition) is 0. The highest BCUT2D eigenvalue weighted by Crippen LogP contribution is 2.35. The third kappa shape index (κ3) is 3.35. The van der Waals surface area contributed by atoms with Gasteiger partial charge < -0.3 is 4.74 Å². The van der Waals surface area contributed by atoms with E-state index in [4.69, 9.17) is 4.74 Å². The Hall–Kier alpha value is -3.58. The number of nitrogens with zero attached hydrogens (tertiary/aromatic N) is 4. The molecule has 0 N–H and O–H groups in total. The lowest BCUT2D eigenvalue weighted by Crippen LogP contribution is -2.22. The summed E-state index contributed by atoms with van der Waals surface area (Å²) in [5, 5.41) is 10.4. The smallest absolute Gasteiger partial charge is 0.267 e. The molecule has 0 bridgehead atoms. The van der Waals surface area contributed by atoms with Crippen LogP contribution in [-0.2, 0) is 0 Å². The maximum atomic E-state index is 13.6. The Morgan fingerprint density at radius 3 is 2.50 bits per heavy atom. The van der Waals surface area contributed by atoms with E-state index in [0.717, 1.165) is 16.2 Å². The van der Waals surface area contributed by atoms with E-state index in [-0.39, 0.29) is 10.8 Å². The first-order valence-corrected chi connectivity index (χ1v) is 11.2. The van der Waals surface area contributed by atoms with Gasteiger partial charge in [-0.3, -0.25) is 9.20 Å². The minimum absolute atomic E-state index is 0.156. The van der Waals surface area contributed by atoms with Gasteiger partial charge in [-0.25, -0.2) is 4.57 Å². The molecule has 5 rings (SSSR count). The van der Waals surface area contributed by atoms with E-state index in [1.807, 2.05) is 72.0 Å². The molecule has 0 unspecified atom stereocenters. The van der Waals surface area contributed by atoms with Crippen LogP contribution in [-0.4, -0.2) is 26.3 Å². The van der Waals surface area contributed by atoms with Crippen molar-refractivity contribution >= 4 is 28.4 Å². The van der Waals surface area contributed by atoms with Crippen molar-refractivity contribution in [1.82, 2.24) is 19.2 Å². The third-order valence-corrected chi connectivity index (χ3v) is 6.62. The van der Waals surface area contributed by atoms with Gasteiger partial charge in [-0.2, -0.15) is 0 Å². The fourth-order valence-electron chi connectivity index (χ4n) is 3.90. The fourth-order valence-corrected chi connectivity index (χ4v) is 4.88. The minimum Gasteiger partial charge on any atom is -0.495 e. The van der Waals surface area contributed by atoms with Gasteiger partial charge in [0.25, 0.3) is 5.56 Å². The van der Waals surface area contributed by atoms with Crippen molar-refractivity contribution in [2.45, 2.75) is 24.3 Å². The molecule has 0 radical (unpaired) electrons. The number of ether oxygens (including phenoxy) is 1. The SMILES string of the molecule is COc1ccc(C)cc1-n1c(=O)c2ccccc2n2c(S[C@H](C)c3ccccc3)nnc12. The Labute approximate surface area is 189 Å². The lowest BCUT2D eigenvalue weighted by Gasteiger charge is -2.15. The van der Waals surface area contributed by atoms with Crippen molar-refractivity contribution in [1.29, 1.82) is 0 Å². The van der Waals surface area contributed by atoms with E-state index in [0.29, 0.717) is 22.6 Å². The molecule has 0 saturated carbocycles. The first kappa shape index (κ1) is 20.3. The number of fused-ring (bicyclic) bond motifs is 3. The molecule has 32 heavy (non-hydrogen) atoms. The number of benzene rings is 3. The minimum atomic E-state index is -0.156. The molecule has 7 heteroatoms. The van der Waals surface area contributed by atoms with Crippen LogP contribution in [0.5, 0.6) is 5.75 Å². The highest BCUT2D eigenvalue weighted by atomic mass is 32.2. The van der Waals surface area contributed by atoms with Crippen molar-refractivity contribution in [3.05, 3.63) is 94.3 Å². The van der Waals surface area contributed by atoms with Crippen molar-refractivity contribution in [3.8, 4) is 11.4 Å². The van der Waals surface area contributed by atoms with Gasteiger partial charge in [0.1, 0.15) is 5.75 Å². The zero-order valence-corrected chi connectivity index (χ0v) is 18.8. The van der Waals surface area contributed by atoms with E-state index in [9.17, 15) is 4.79 Å². The summed E-state index contributed by atoms with van der Waals surface area (Å²) in [5.41, 5.74) is 3.49. The number of methoxy groups -OCH3 is 1. The molecule has 160 valence electrons. The van der Waals surface area contributed by atoms with E-state index in [1.54, 1.807) is 23.4 Å². The summed E-state index contributed by atoms with van der Waals surface area (Å²) in [5.74, 6) is 1.06. The average molecular weight is 443 g/mol. The summed E-state index contributed by atoms with van der Waals surface area (Å²) in [6.45, 7) is 4.13. The van der Waals surface area contributed by atoms with Crippen LogP contribution < -0.4 is 10.3 Å². The topological polar surface area (TPSA) is 61.4 Å². The predicted molar refractivity (Wildman–Crippen MR) is 128 cm³/mol. The number of thioether (sulfide) groups is 1. The number of para-hydroxylation sites is 1. The molecule has 0 aliphatic carbocycles. The van der Waals surface area contributed by atoms with E-state index in [1.165, 1.54) is 5.56 Å². The summed E-state index contributed by atoms with van der Waals surface area (Å²) in [6, 6.07) is 23.6. The summed E-state index contributed by atoms with van der Waals surface area (Å²) in [6.07, 6.45) is 0. The zero-order valence-electron chi connectivity index (χ0n) is 18.0. The van der Waals surface area contributed by atoms with Crippen LogP contribution in [0.3, 0.4) is 0 Å². The van der Waals surface area contributed by atoms with Crippen LogP contribution in [0.1, 0.15) is 23.3 Å². The Kier molecular flexibility index (Phi) is 5.19. The molecule has 0 fully saturated rings. The predicted octanol–water partition coefficient (Wildman–Crippen LogP) is 5.20. The number of aromatic nitrogens is 4. The van der Waals surface area contributed by atoms with E-state index < -0.39 is 0 Å². The molecular weight excluding hydrogens is 420 g/mol. The maximum Gasteiger partial charge on any atom is 0.267 e. The van der Waals surface area contributed by atoms with Gasteiger partial charge >= 0.3 is 0 Å². The summed E-state index contributed by atoms with van der Waals surface area (Å²) in [7, 11) is 1.60. The highest BCUT2D eigenvalue weighted by Gasteiger charge is 2.21. The molecule has 6 nitrogen and oxygen atoms in total. The van der Waals surface area contributed by atoms with E-state index in [2.05, 4.69) is 29.3 Å². The molecule has 0 spiro atoms. The van der Waals surface area contributed by atoms with Gasteiger partial charge in [0, 0.05) is 5.25 Å². The Bertz CT molecular complexity index is 1490. The largest absolute Gasteiger partial charge is 0.495 e. The van der Waals surface area contributed by atoms with Crippen LogP contribution in [0.2, 0.25) is 0 Å². The standard InChI is InChI=1S/C25H22N4O2S/c1-16-13-14-22(31-3)21(15-16)28-23(30)19-11-7-8-12-20(19)29-24(28)26-27-25(29)32-17(2)18-9-5-4-6-10-18/h4-15,17H,1-3H3/t17-/m1/s1. The first-order chi connectivity index (χ1) is 15.6. The first-order valence-electron chi connectivity index (χ1n) is 10.3. The van der Waals surface area contributed by atoms with Crippen LogP contribution in [0, 0.1) is 6.92 Å². The fraction of sp³-hybridized carbons (Fsp3) is 0.160. The molecule has 1 atom stereocenters. The Morgan fingerprint density at radius 1 is 0.969 bits per heavy atom. The van der Waals surface area contributed by atoms with Gasteiger partial charge in [-0.15, -0.1) is 10.2 Å². The quantitative estimate of drug-likeness (QED) is 0.350. The average Bonchev–Trinajstić information content (AvgIpc) is 3.23. The molecule has 0 aliphatic heterocycles. The Morgan fingerprint density at radius 2 is 1.72 bits per heavy atom. The number of rotatable bonds is 5. The number of hydrogen-bond acceptors (Lipinski definition) is 5. The van der Waals surface area contributed by atoms with Crippen molar-refractivity contribution in [2.75, 3.05) is 7.11 Å². The maximum absolute atomic E-state index is 13.6. The van der Waals surface area contributed by atoms with Gasteiger partial charge in [0.2, 0.25) is 5.78 Å². The molecule has 0 saturated heterocycles. The van der Waals surface area contributed by atoms with Gasteiger partial charge in [-0.05, 0) is 49.2 Å². The van der Waals surface area contributed by atoms with Crippen LogP contribution >= 0.6 is 11.8 Å². The second kappa shape index (κ2) is 8.16. The van der Waals surface area contributed by atoms with Crippen molar-refractivity contribution < 1.29 is 4.74 Å². The van der Waals surface area contributed by atoms with Crippen LogP contribution in [0.15, 0.2) is 82.7 Å². The third-order valence-electron chi connectivity index (χ3n) is 5.52. The normalized spacial score (nSPS) is 12.3. The molecular formula is C25H22N4O2S. The van der Waals surface area contributed by atoms with Gasteiger partial charge in [0.05, 0.1) is 23.7 Å². The molecule has 0 aliphatic rings. The lowest BCUT2D eigenvalue weighted by molar-refractivity contribution is 0.412. The second-order valence-electron chi connectivity index (χ2n) is 7.62. The lowest BCUT2D eigenvalue weighted by atomic mass is 10.2. The van der Waals surface area contributed by atoms with Gasteiger partial charge in [0.15, 0.2) is 5.16 Å². The molecule has 0 amide bonds. The Balaban J connectivity index is 1.79. The highest BCUT2D eigenvalue weighted by molar-refractivity contribution is 7.99. The molecule has 5 aromatic rings.